The fourth-order valence-corrected chi connectivity index (χ4v) is 3.56. The van der Waals surface area contributed by atoms with Crippen molar-refractivity contribution in [1.82, 2.24) is 4.90 Å². The summed E-state index contributed by atoms with van der Waals surface area (Å²) in [5.74, 6) is -0.722. The molecule has 1 heterocycles. The second-order valence-corrected chi connectivity index (χ2v) is 7.43. The Hall–Kier alpha value is -2.54. The Morgan fingerprint density at radius 2 is 1.90 bits per heavy atom. The Morgan fingerprint density at radius 1 is 1.17 bits per heavy atom. The molecule has 2 aromatic rings. The molecule has 1 aliphatic heterocycles. The Kier molecular flexibility index (Phi) is 7.37. The van der Waals surface area contributed by atoms with Gasteiger partial charge in [-0.2, -0.15) is 0 Å². The summed E-state index contributed by atoms with van der Waals surface area (Å²) in [6, 6.07) is 6.42. The van der Waals surface area contributed by atoms with Crippen molar-refractivity contribution in [3.8, 4) is 17.2 Å². The van der Waals surface area contributed by atoms with Crippen LogP contribution < -0.4 is 14.2 Å². The molecule has 0 radical (unpaired) electrons. The first-order valence-corrected chi connectivity index (χ1v) is 10.2. The van der Waals surface area contributed by atoms with Gasteiger partial charge in [-0.3, -0.25) is 4.79 Å². The first kappa shape index (κ1) is 22.2. The largest absolute Gasteiger partial charge is 0.493 e. The highest BCUT2D eigenvalue weighted by Crippen LogP contribution is 2.37. The van der Waals surface area contributed by atoms with E-state index in [0.29, 0.717) is 54.6 Å². The van der Waals surface area contributed by atoms with Crippen LogP contribution in [0.4, 0.5) is 8.78 Å². The molecule has 1 amide bonds. The second-order valence-electron chi connectivity index (χ2n) is 7.02. The van der Waals surface area contributed by atoms with E-state index in [4.69, 9.17) is 25.8 Å². The number of piperidine rings is 1. The third kappa shape index (κ3) is 5.14. The average molecular weight is 440 g/mol. The minimum Gasteiger partial charge on any atom is -0.493 e. The maximum atomic E-state index is 13.8. The molecule has 0 atom stereocenters. The molecule has 1 saturated heterocycles. The van der Waals surface area contributed by atoms with Crippen LogP contribution in [-0.4, -0.2) is 43.7 Å². The first-order valence-electron chi connectivity index (χ1n) is 9.84. The lowest BCUT2D eigenvalue weighted by molar-refractivity contribution is 0.0588. The van der Waals surface area contributed by atoms with Crippen LogP contribution in [0, 0.1) is 11.6 Å². The minimum atomic E-state index is -0.736. The van der Waals surface area contributed by atoms with Crippen LogP contribution in [0.5, 0.6) is 17.2 Å². The van der Waals surface area contributed by atoms with Gasteiger partial charge in [0, 0.05) is 37.6 Å². The van der Waals surface area contributed by atoms with Crippen LogP contribution in [0.15, 0.2) is 30.3 Å². The number of ether oxygens (including phenoxy) is 3. The fourth-order valence-electron chi connectivity index (χ4n) is 3.30. The number of halogens is 3. The molecule has 5 nitrogen and oxygen atoms in total. The number of methoxy groups -OCH3 is 1. The molecule has 0 aliphatic carbocycles. The van der Waals surface area contributed by atoms with E-state index in [-0.39, 0.29) is 17.8 Å². The van der Waals surface area contributed by atoms with E-state index in [1.54, 1.807) is 17.0 Å². The molecule has 162 valence electrons. The van der Waals surface area contributed by atoms with Crippen molar-refractivity contribution < 1.29 is 27.8 Å². The summed E-state index contributed by atoms with van der Waals surface area (Å²) in [4.78, 5) is 14.6. The monoisotopic (exact) mass is 439 g/mol. The summed E-state index contributed by atoms with van der Waals surface area (Å²) in [6.07, 6.45) is 1.63. The van der Waals surface area contributed by atoms with Crippen molar-refractivity contribution in [2.24, 2.45) is 0 Å². The topological polar surface area (TPSA) is 48.0 Å². The summed E-state index contributed by atoms with van der Waals surface area (Å²) in [7, 11) is 1.50. The quantitative estimate of drug-likeness (QED) is 0.602. The highest BCUT2D eigenvalue weighted by atomic mass is 35.5. The molecule has 0 saturated carbocycles. The van der Waals surface area contributed by atoms with Crippen LogP contribution in [0.2, 0.25) is 5.02 Å². The standard InChI is InChI=1S/C22H24ClF2NO4/c1-3-10-29-21-17(23)11-14(12-20(21)28-2)22(27)26-8-6-16(7-9-26)30-19-5-4-15(24)13-18(19)25/h4-5,11-13,16H,3,6-10H2,1-2H3. The lowest BCUT2D eigenvalue weighted by Gasteiger charge is -2.32. The van der Waals surface area contributed by atoms with Gasteiger partial charge < -0.3 is 19.1 Å². The zero-order valence-electron chi connectivity index (χ0n) is 16.9. The van der Waals surface area contributed by atoms with E-state index < -0.39 is 11.6 Å². The molecule has 0 aromatic heterocycles. The lowest BCUT2D eigenvalue weighted by atomic mass is 10.1. The van der Waals surface area contributed by atoms with Crippen molar-refractivity contribution in [2.45, 2.75) is 32.3 Å². The summed E-state index contributed by atoms with van der Waals surface area (Å²) in [6.45, 7) is 3.36. The molecular formula is C22H24ClF2NO4. The summed E-state index contributed by atoms with van der Waals surface area (Å²) in [5.41, 5.74) is 0.407. The van der Waals surface area contributed by atoms with Crippen molar-refractivity contribution in [3.05, 3.63) is 52.6 Å². The van der Waals surface area contributed by atoms with E-state index >= 15 is 0 Å². The molecule has 1 fully saturated rings. The average Bonchev–Trinajstić information content (AvgIpc) is 2.74. The van der Waals surface area contributed by atoms with E-state index in [2.05, 4.69) is 0 Å². The maximum absolute atomic E-state index is 13.8. The van der Waals surface area contributed by atoms with Gasteiger partial charge >= 0.3 is 0 Å². The molecule has 2 aromatic carbocycles. The molecule has 0 N–H and O–H groups in total. The predicted molar refractivity (Wildman–Crippen MR) is 110 cm³/mol. The van der Waals surface area contributed by atoms with Gasteiger partial charge in [-0.25, -0.2) is 8.78 Å². The van der Waals surface area contributed by atoms with E-state index in [0.717, 1.165) is 18.6 Å². The summed E-state index contributed by atoms with van der Waals surface area (Å²) in [5, 5.41) is 0.316. The number of benzene rings is 2. The number of carbonyl (C=O) groups excluding carboxylic acids is 1. The third-order valence-corrected chi connectivity index (χ3v) is 5.12. The van der Waals surface area contributed by atoms with Crippen LogP contribution in [-0.2, 0) is 0 Å². The molecule has 1 aliphatic rings. The molecular weight excluding hydrogens is 416 g/mol. The van der Waals surface area contributed by atoms with Crippen molar-refractivity contribution in [3.63, 3.8) is 0 Å². The number of likely N-dealkylation sites (tertiary alicyclic amines) is 1. The Labute approximate surface area is 179 Å². The third-order valence-electron chi connectivity index (χ3n) is 4.84. The second kappa shape index (κ2) is 9.98. The van der Waals surface area contributed by atoms with E-state index in [9.17, 15) is 13.6 Å². The smallest absolute Gasteiger partial charge is 0.254 e. The number of hydrogen-bond acceptors (Lipinski definition) is 4. The van der Waals surface area contributed by atoms with Gasteiger partial charge in [0.25, 0.3) is 5.91 Å². The summed E-state index contributed by atoms with van der Waals surface area (Å²) < 4.78 is 43.4. The number of carbonyl (C=O) groups is 1. The van der Waals surface area contributed by atoms with Gasteiger partial charge in [0.2, 0.25) is 0 Å². The molecule has 3 rings (SSSR count). The number of amides is 1. The lowest BCUT2D eigenvalue weighted by Crippen LogP contribution is -2.41. The Bertz CT molecular complexity index is 901. The SMILES string of the molecule is CCCOc1c(Cl)cc(C(=O)N2CCC(Oc3ccc(F)cc3F)CC2)cc1OC. The molecule has 0 unspecified atom stereocenters. The predicted octanol–water partition coefficient (Wildman–Crippen LogP) is 5.10. The van der Waals surface area contributed by atoms with E-state index in [1.165, 1.54) is 13.2 Å². The van der Waals surface area contributed by atoms with Gasteiger partial charge in [0.15, 0.2) is 23.1 Å². The van der Waals surface area contributed by atoms with Crippen LogP contribution >= 0.6 is 11.6 Å². The highest BCUT2D eigenvalue weighted by Gasteiger charge is 2.27. The number of hydrogen-bond donors (Lipinski definition) is 0. The van der Waals surface area contributed by atoms with Crippen LogP contribution in [0.25, 0.3) is 0 Å². The number of rotatable bonds is 7. The van der Waals surface area contributed by atoms with Gasteiger partial charge in [-0.05, 0) is 30.7 Å². The van der Waals surface area contributed by atoms with Crippen molar-refractivity contribution in [2.75, 3.05) is 26.8 Å². The van der Waals surface area contributed by atoms with Crippen LogP contribution in [0.1, 0.15) is 36.5 Å². The maximum Gasteiger partial charge on any atom is 0.254 e. The fraction of sp³-hybridized carbons (Fsp3) is 0.409. The minimum absolute atomic E-state index is 0.0142. The molecule has 30 heavy (non-hydrogen) atoms. The van der Waals surface area contributed by atoms with Crippen molar-refractivity contribution in [1.29, 1.82) is 0 Å². The van der Waals surface area contributed by atoms with E-state index in [1.807, 2.05) is 6.92 Å². The molecule has 0 spiro atoms. The highest BCUT2D eigenvalue weighted by molar-refractivity contribution is 6.32. The summed E-state index contributed by atoms with van der Waals surface area (Å²) >= 11 is 6.31. The normalized spacial score (nSPS) is 14.5. The zero-order valence-corrected chi connectivity index (χ0v) is 17.7. The van der Waals surface area contributed by atoms with Gasteiger partial charge in [-0.15, -0.1) is 0 Å². The first-order chi connectivity index (χ1) is 14.4. The molecule has 0 bridgehead atoms. The number of nitrogens with zero attached hydrogens (tertiary/aromatic N) is 1. The van der Waals surface area contributed by atoms with Crippen molar-refractivity contribution >= 4 is 17.5 Å². The zero-order chi connectivity index (χ0) is 21.7. The van der Waals surface area contributed by atoms with Gasteiger partial charge in [0.05, 0.1) is 18.7 Å². The van der Waals surface area contributed by atoms with Gasteiger partial charge in [-0.1, -0.05) is 18.5 Å². The van der Waals surface area contributed by atoms with Crippen LogP contribution in [0.3, 0.4) is 0 Å². The Morgan fingerprint density at radius 3 is 2.53 bits per heavy atom. The molecule has 8 heteroatoms. The Balaban J connectivity index is 1.64. The van der Waals surface area contributed by atoms with Gasteiger partial charge in [0.1, 0.15) is 11.9 Å².